The maximum atomic E-state index is 12.3. The summed E-state index contributed by atoms with van der Waals surface area (Å²) >= 11 is 5.82. The van der Waals surface area contributed by atoms with Crippen molar-refractivity contribution in [1.29, 1.82) is 0 Å². The number of rotatable bonds is 2. The van der Waals surface area contributed by atoms with Gasteiger partial charge in [-0.1, -0.05) is 16.8 Å². The number of amides is 1. The molecule has 3 rings (SSSR count). The number of aromatic nitrogens is 3. The molecule has 1 saturated heterocycles. The highest BCUT2D eigenvalue weighted by atomic mass is 35.5. The molecular formula is C13H13ClN4O. The van der Waals surface area contributed by atoms with Crippen molar-refractivity contribution in [3.8, 4) is 0 Å². The van der Waals surface area contributed by atoms with Gasteiger partial charge >= 0.3 is 0 Å². The molecular weight excluding hydrogens is 264 g/mol. The second-order valence-corrected chi connectivity index (χ2v) is 5.02. The molecule has 6 heteroatoms. The summed E-state index contributed by atoms with van der Waals surface area (Å²) in [7, 11) is 0. The van der Waals surface area contributed by atoms with Crippen LogP contribution in [0.3, 0.4) is 0 Å². The molecule has 1 amide bonds. The highest BCUT2D eigenvalue weighted by molar-refractivity contribution is 6.30. The van der Waals surface area contributed by atoms with E-state index in [2.05, 4.69) is 10.3 Å². The summed E-state index contributed by atoms with van der Waals surface area (Å²) in [6, 6.07) is 7.21. The Balaban J connectivity index is 1.71. The Labute approximate surface area is 115 Å². The van der Waals surface area contributed by atoms with Gasteiger partial charge in [-0.2, -0.15) is 0 Å². The minimum atomic E-state index is 0.0410. The van der Waals surface area contributed by atoms with E-state index in [1.165, 1.54) is 0 Å². The molecule has 1 aromatic heterocycles. The van der Waals surface area contributed by atoms with Gasteiger partial charge in [-0.25, -0.2) is 4.68 Å². The highest BCUT2D eigenvalue weighted by Crippen LogP contribution is 2.22. The molecule has 0 N–H and O–H groups in total. The SMILES string of the molecule is O=C(c1ccc(Cl)cc1)N1CCC(n2ccnn2)C1. The van der Waals surface area contributed by atoms with Gasteiger partial charge in [0.25, 0.3) is 5.91 Å². The van der Waals surface area contributed by atoms with Gasteiger partial charge in [0, 0.05) is 29.9 Å². The minimum Gasteiger partial charge on any atom is -0.336 e. The van der Waals surface area contributed by atoms with Crippen LogP contribution in [0, 0.1) is 0 Å². The van der Waals surface area contributed by atoms with Crippen molar-refractivity contribution in [1.82, 2.24) is 19.9 Å². The van der Waals surface area contributed by atoms with Gasteiger partial charge in [-0.05, 0) is 30.7 Å². The summed E-state index contributed by atoms with van der Waals surface area (Å²) in [6.45, 7) is 1.41. The Morgan fingerprint density at radius 3 is 2.79 bits per heavy atom. The van der Waals surface area contributed by atoms with E-state index >= 15 is 0 Å². The fraction of sp³-hybridized carbons (Fsp3) is 0.308. The van der Waals surface area contributed by atoms with Crippen molar-refractivity contribution in [2.45, 2.75) is 12.5 Å². The van der Waals surface area contributed by atoms with Crippen LogP contribution in [-0.2, 0) is 0 Å². The van der Waals surface area contributed by atoms with E-state index in [1.54, 1.807) is 30.5 Å². The Morgan fingerprint density at radius 1 is 1.32 bits per heavy atom. The van der Waals surface area contributed by atoms with Crippen LogP contribution < -0.4 is 0 Å². The number of halogens is 1. The summed E-state index contributed by atoms with van der Waals surface area (Å²) in [6.07, 6.45) is 4.40. The molecule has 2 aromatic rings. The monoisotopic (exact) mass is 276 g/mol. The molecule has 0 bridgehead atoms. The first-order valence-corrected chi connectivity index (χ1v) is 6.52. The van der Waals surface area contributed by atoms with Crippen LogP contribution in [0.4, 0.5) is 0 Å². The summed E-state index contributed by atoms with van der Waals surface area (Å²) in [4.78, 5) is 14.2. The minimum absolute atomic E-state index is 0.0410. The predicted molar refractivity (Wildman–Crippen MR) is 71.0 cm³/mol. The Morgan fingerprint density at radius 2 is 2.11 bits per heavy atom. The van der Waals surface area contributed by atoms with E-state index in [0.29, 0.717) is 17.1 Å². The smallest absolute Gasteiger partial charge is 0.253 e. The number of benzene rings is 1. The van der Waals surface area contributed by atoms with Gasteiger partial charge < -0.3 is 4.90 Å². The lowest BCUT2D eigenvalue weighted by molar-refractivity contribution is 0.0787. The fourth-order valence-electron chi connectivity index (χ4n) is 2.33. The zero-order valence-corrected chi connectivity index (χ0v) is 11.0. The van der Waals surface area contributed by atoms with Crippen molar-refractivity contribution in [3.05, 3.63) is 47.2 Å². The first-order chi connectivity index (χ1) is 9.24. The molecule has 0 saturated carbocycles. The number of hydrogen-bond acceptors (Lipinski definition) is 3. The molecule has 98 valence electrons. The number of carbonyl (C=O) groups excluding carboxylic acids is 1. The van der Waals surface area contributed by atoms with Crippen LogP contribution in [-0.4, -0.2) is 38.9 Å². The number of nitrogens with zero attached hydrogens (tertiary/aromatic N) is 4. The summed E-state index contributed by atoms with van der Waals surface area (Å²) in [5.74, 6) is 0.0410. The maximum absolute atomic E-state index is 12.3. The lowest BCUT2D eigenvalue weighted by Gasteiger charge is -2.16. The van der Waals surface area contributed by atoms with Crippen molar-refractivity contribution < 1.29 is 4.79 Å². The number of hydrogen-bond donors (Lipinski definition) is 0. The highest BCUT2D eigenvalue weighted by Gasteiger charge is 2.28. The lowest BCUT2D eigenvalue weighted by Crippen LogP contribution is -2.29. The van der Waals surface area contributed by atoms with Crippen LogP contribution in [0.1, 0.15) is 22.8 Å². The topological polar surface area (TPSA) is 51.0 Å². The molecule has 5 nitrogen and oxygen atoms in total. The zero-order chi connectivity index (χ0) is 13.2. The second kappa shape index (κ2) is 5.01. The average Bonchev–Trinajstić information content (AvgIpc) is 3.10. The molecule has 1 aliphatic heterocycles. The van der Waals surface area contributed by atoms with E-state index < -0.39 is 0 Å². The molecule has 1 atom stereocenters. The molecule has 1 aromatic carbocycles. The molecule has 0 aliphatic carbocycles. The molecule has 2 heterocycles. The van der Waals surface area contributed by atoms with E-state index in [0.717, 1.165) is 13.0 Å². The Hall–Kier alpha value is -1.88. The molecule has 0 spiro atoms. The van der Waals surface area contributed by atoms with E-state index in [4.69, 9.17) is 11.6 Å². The largest absolute Gasteiger partial charge is 0.336 e. The predicted octanol–water partition coefficient (Wildman–Crippen LogP) is 2.02. The molecule has 19 heavy (non-hydrogen) atoms. The summed E-state index contributed by atoms with van der Waals surface area (Å²) in [5, 5.41) is 8.42. The molecule has 0 radical (unpaired) electrons. The Kier molecular flexibility index (Phi) is 3.21. The van der Waals surface area contributed by atoms with Crippen molar-refractivity contribution in [3.63, 3.8) is 0 Å². The van der Waals surface area contributed by atoms with Gasteiger partial charge in [0.15, 0.2) is 0 Å². The summed E-state index contributed by atoms with van der Waals surface area (Å²) < 4.78 is 1.81. The van der Waals surface area contributed by atoms with Crippen LogP contribution in [0.25, 0.3) is 0 Å². The zero-order valence-electron chi connectivity index (χ0n) is 10.2. The lowest BCUT2D eigenvalue weighted by atomic mass is 10.2. The average molecular weight is 277 g/mol. The molecule has 1 unspecified atom stereocenters. The summed E-state index contributed by atoms with van der Waals surface area (Å²) in [5.41, 5.74) is 0.670. The van der Waals surface area contributed by atoms with Gasteiger partial charge in [-0.15, -0.1) is 5.10 Å². The van der Waals surface area contributed by atoms with E-state index in [9.17, 15) is 4.79 Å². The third kappa shape index (κ3) is 2.46. The second-order valence-electron chi connectivity index (χ2n) is 4.58. The van der Waals surface area contributed by atoms with Crippen molar-refractivity contribution >= 4 is 17.5 Å². The van der Waals surface area contributed by atoms with Crippen LogP contribution in [0.15, 0.2) is 36.7 Å². The van der Waals surface area contributed by atoms with Gasteiger partial charge in [0.2, 0.25) is 0 Å². The van der Waals surface area contributed by atoms with Crippen LogP contribution >= 0.6 is 11.6 Å². The first kappa shape index (κ1) is 12.2. The van der Waals surface area contributed by atoms with Gasteiger partial charge in [-0.3, -0.25) is 4.79 Å². The third-order valence-corrected chi connectivity index (χ3v) is 3.61. The standard InChI is InChI=1S/C13H13ClN4O/c14-11-3-1-10(2-4-11)13(19)17-7-5-12(9-17)18-8-6-15-16-18/h1-4,6,8,12H,5,7,9H2. The maximum Gasteiger partial charge on any atom is 0.253 e. The van der Waals surface area contributed by atoms with Gasteiger partial charge in [0.05, 0.1) is 12.2 Å². The quantitative estimate of drug-likeness (QED) is 0.843. The molecule has 1 fully saturated rings. The fourth-order valence-corrected chi connectivity index (χ4v) is 2.46. The van der Waals surface area contributed by atoms with Crippen molar-refractivity contribution in [2.75, 3.05) is 13.1 Å². The number of likely N-dealkylation sites (tertiary alicyclic amines) is 1. The molecule has 1 aliphatic rings. The van der Waals surface area contributed by atoms with Crippen LogP contribution in [0.2, 0.25) is 5.02 Å². The normalized spacial score (nSPS) is 18.8. The van der Waals surface area contributed by atoms with Crippen LogP contribution in [0.5, 0.6) is 0 Å². The van der Waals surface area contributed by atoms with Gasteiger partial charge in [0.1, 0.15) is 0 Å². The first-order valence-electron chi connectivity index (χ1n) is 6.14. The Bertz CT molecular complexity index is 567. The number of carbonyl (C=O) groups is 1. The third-order valence-electron chi connectivity index (χ3n) is 3.36. The van der Waals surface area contributed by atoms with E-state index in [1.807, 2.05) is 15.8 Å². The van der Waals surface area contributed by atoms with E-state index in [-0.39, 0.29) is 11.9 Å². The van der Waals surface area contributed by atoms with Crippen molar-refractivity contribution in [2.24, 2.45) is 0 Å².